The Bertz CT molecular complexity index is 637. The Kier molecular flexibility index (Phi) is 3.50. The lowest BCUT2D eigenvalue weighted by molar-refractivity contribution is 0.602. The van der Waals surface area contributed by atoms with Crippen LogP contribution < -0.4 is 4.72 Å². The molecule has 0 saturated carbocycles. The van der Waals surface area contributed by atoms with Crippen LogP contribution in [-0.2, 0) is 10.0 Å². The number of aromatic nitrogens is 1. The summed E-state index contributed by atoms with van der Waals surface area (Å²) in [7, 11) is -3.54. The number of anilines is 1. The Morgan fingerprint density at radius 3 is 2.76 bits per heavy atom. The summed E-state index contributed by atoms with van der Waals surface area (Å²) < 4.78 is 27.5. The van der Waals surface area contributed by atoms with Crippen LogP contribution in [0.1, 0.15) is 5.56 Å². The van der Waals surface area contributed by atoms with Crippen molar-refractivity contribution >= 4 is 43.0 Å². The first-order valence-corrected chi connectivity index (χ1v) is 7.83. The van der Waals surface area contributed by atoms with Gasteiger partial charge in [0.05, 0.1) is 11.9 Å². The van der Waals surface area contributed by atoms with Gasteiger partial charge < -0.3 is 0 Å². The molecule has 0 spiro atoms. The molecule has 0 radical (unpaired) electrons. The quantitative estimate of drug-likeness (QED) is 0.939. The molecule has 2 aromatic heterocycles. The normalized spacial score (nSPS) is 11.4. The molecule has 0 aliphatic rings. The smallest absolute Gasteiger partial charge is 0.272 e. The van der Waals surface area contributed by atoms with Gasteiger partial charge in [0.25, 0.3) is 10.0 Å². The molecule has 0 aromatic carbocycles. The van der Waals surface area contributed by atoms with E-state index >= 15 is 0 Å². The Hall–Kier alpha value is -0.920. The standard InChI is InChI=1S/C10H9BrN2O2S2/c1-7-2-4-12-6-9(7)13-17(14,15)10-8(11)3-5-16-10/h2-6,13H,1H3. The van der Waals surface area contributed by atoms with Gasteiger partial charge in [-0.05, 0) is 45.9 Å². The Morgan fingerprint density at radius 2 is 2.18 bits per heavy atom. The summed E-state index contributed by atoms with van der Waals surface area (Å²) >= 11 is 4.37. The van der Waals surface area contributed by atoms with Gasteiger partial charge in [0.2, 0.25) is 0 Å². The lowest BCUT2D eigenvalue weighted by Gasteiger charge is -2.08. The van der Waals surface area contributed by atoms with Crippen molar-refractivity contribution in [3.05, 3.63) is 39.9 Å². The number of hydrogen-bond acceptors (Lipinski definition) is 4. The van der Waals surface area contributed by atoms with Crippen molar-refractivity contribution in [2.45, 2.75) is 11.1 Å². The molecule has 0 unspecified atom stereocenters. The minimum absolute atomic E-state index is 0.265. The van der Waals surface area contributed by atoms with Gasteiger partial charge in [-0.1, -0.05) is 0 Å². The Morgan fingerprint density at radius 1 is 1.41 bits per heavy atom. The number of halogens is 1. The van der Waals surface area contributed by atoms with E-state index in [0.29, 0.717) is 10.2 Å². The van der Waals surface area contributed by atoms with E-state index in [1.165, 1.54) is 6.20 Å². The van der Waals surface area contributed by atoms with Crippen molar-refractivity contribution in [3.8, 4) is 0 Å². The van der Waals surface area contributed by atoms with Crippen LogP contribution in [0.15, 0.2) is 38.6 Å². The molecule has 7 heteroatoms. The summed E-state index contributed by atoms with van der Waals surface area (Å²) in [6.45, 7) is 1.82. The second-order valence-corrected chi connectivity index (χ2v) is 7.00. The van der Waals surface area contributed by atoms with E-state index < -0.39 is 10.0 Å². The SMILES string of the molecule is Cc1ccncc1NS(=O)(=O)c1sccc1Br. The number of hydrogen-bond donors (Lipinski definition) is 1. The molecule has 0 aliphatic carbocycles. The molecule has 17 heavy (non-hydrogen) atoms. The molecule has 4 nitrogen and oxygen atoms in total. The van der Waals surface area contributed by atoms with E-state index in [1.54, 1.807) is 23.7 Å². The molecule has 0 atom stereocenters. The van der Waals surface area contributed by atoms with E-state index in [1.807, 2.05) is 6.92 Å². The second-order valence-electron chi connectivity index (χ2n) is 3.35. The third-order valence-corrected chi connectivity index (χ3v) is 6.15. The molecule has 2 heterocycles. The maximum absolute atomic E-state index is 12.1. The van der Waals surface area contributed by atoms with Gasteiger partial charge in [-0.25, -0.2) is 8.42 Å². The van der Waals surface area contributed by atoms with Crippen LogP contribution in [0.5, 0.6) is 0 Å². The highest BCUT2D eigenvalue weighted by atomic mass is 79.9. The molecule has 0 aliphatic heterocycles. The number of thiophene rings is 1. The molecule has 0 saturated heterocycles. The zero-order chi connectivity index (χ0) is 12.5. The highest BCUT2D eigenvalue weighted by Crippen LogP contribution is 2.29. The van der Waals surface area contributed by atoms with Crippen molar-refractivity contribution in [2.75, 3.05) is 4.72 Å². The predicted octanol–water partition coefficient (Wildman–Crippen LogP) is 3.01. The highest BCUT2D eigenvalue weighted by Gasteiger charge is 2.19. The van der Waals surface area contributed by atoms with Gasteiger partial charge >= 0.3 is 0 Å². The molecule has 0 bridgehead atoms. The van der Waals surface area contributed by atoms with Crippen molar-refractivity contribution in [2.24, 2.45) is 0 Å². The molecule has 2 aromatic rings. The molecule has 1 N–H and O–H groups in total. The third kappa shape index (κ3) is 2.67. The first-order chi connectivity index (χ1) is 8.00. The van der Waals surface area contributed by atoms with Gasteiger partial charge in [0.15, 0.2) is 4.21 Å². The minimum Gasteiger partial charge on any atom is -0.277 e. The lowest BCUT2D eigenvalue weighted by Crippen LogP contribution is -2.13. The summed E-state index contributed by atoms with van der Waals surface area (Å²) in [5.74, 6) is 0. The maximum Gasteiger partial charge on any atom is 0.272 e. The highest BCUT2D eigenvalue weighted by molar-refractivity contribution is 9.10. The molecular weight excluding hydrogens is 324 g/mol. The first kappa shape index (κ1) is 12.5. The van der Waals surface area contributed by atoms with Crippen LogP contribution in [0.25, 0.3) is 0 Å². The van der Waals surface area contributed by atoms with Gasteiger partial charge in [0, 0.05) is 10.7 Å². The van der Waals surface area contributed by atoms with Gasteiger partial charge in [0.1, 0.15) is 0 Å². The number of pyridine rings is 1. The lowest BCUT2D eigenvalue weighted by atomic mass is 10.3. The summed E-state index contributed by atoms with van der Waals surface area (Å²) in [6, 6.07) is 3.46. The monoisotopic (exact) mass is 332 g/mol. The predicted molar refractivity (Wildman–Crippen MR) is 71.8 cm³/mol. The van der Waals surface area contributed by atoms with Crippen molar-refractivity contribution < 1.29 is 8.42 Å². The molecule has 0 amide bonds. The van der Waals surface area contributed by atoms with Gasteiger partial charge in [-0.3, -0.25) is 9.71 Å². The van der Waals surface area contributed by atoms with E-state index in [4.69, 9.17) is 0 Å². The van der Waals surface area contributed by atoms with Crippen LogP contribution in [-0.4, -0.2) is 13.4 Å². The average Bonchev–Trinajstić information content (AvgIpc) is 2.68. The van der Waals surface area contributed by atoms with Crippen LogP contribution in [0, 0.1) is 6.92 Å². The number of nitrogens with zero attached hydrogens (tertiary/aromatic N) is 1. The minimum atomic E-state index is -3.54. The Balaban J connectivity index is 2.37. The molecule has 2 rings (SSSR count). The van der Waals surface area contributed by atoms with E-state index in [2.05, 4.69) is 25.6 Å². The second kappa shape index (κ2) is 4.75. The molecular formula is C10H9BrN2O2S2. The van der Waals surface area contributed by atoms with Crippen molar-refractivity contribution in [1.82, 2.24) is 4.98 Å². The van der Waals surface area contributed by atoms with Crippen LogP contribution in [0.4, 0.5) is 5.69 Å². The topological polar surface area (TPSA) is 59.1 Å². The molecule has 90 valence electrons. The van der Waals surface area contributed by atoms with Crippen molar-refractivity contribution in [3.63, 3.8) is 0 Å². The van der Waals surface area contributed by atoms with E-state index in [-0.39, 0.29) is 4.21 Å². The fourth-order valence-corrected chi connectivity index (χ4v) is 4.69. The summed E-state index contributed by atoms with van der Waals surface area (Å²) in [5, 5.41) is 1.72. The number of rotatable bonds is 3. The van der Waals surface area contributed by atoms with Crippen LogP contribution in [0.2, 0.25) is 0 Å². The van der Waals surface area contributed by atoms with Crippen LogP contribution >= 0.6 is 27.3 Å². The third-order valence-electron chi connectivity index (χ3n) is 2.11. The maximum atomic E-state index is 12.1. The van der Waals surface area contributed by atoms with E-state index in [9.17, 15) is 8.42 Å². The number of nitrogens with one attached hydrogen (secondary N) is 1. The largest absolute Gasteiger partial charge is 0.277 e. The zero-order valence-corrected chi connectivity index (χ0v) is 12.1. The van der Waals surface area contributed by atoms with E-state index in [0.717, 1.165) is 16.9 Å². The number of aryl methyl sites for hydroxylation is 1. The molecule has 0 fully saturated rings. The van der Waals surface area contributed by atoms with Crippen molar-refractivity contribution in [1.29, 1.82) is 0 Å². The first-order valence-electron chi connectivity index (χ1n) is 4.67. The fraction of sp³-hybridized carbons (Fsp3) is 0.100. The number of sulfonamides is 1. The summed E-state index contributed by atoms with van der Waals surface area (Å²) in [6.07, 6.45) is 3.11. The van der Waals surface area contributed by atoms with Crippen LogP contribution in [0.3, 0.4) is 0 Å². The van der Waals surface area contributed by atoms with Gasteiger partial charge in [-0.15, -0.1) is 11.3 Å². The fourth-order valence-electron chi connectivity index (χ4n) is 1.23. The Labute approximate surface area is 112 Å². The summed E-state index contributed by atoms with van der Waals surface area (Å²) in [5.41, 5.74) is 1.32. The summed E-state index contributed by atoms with van der Waals surface area (Å²) in [4.78, 5) is 3.90. The average molecular weight is 333 g/mol. The van der Waals surface area contributed by atoms with Gasteiger partial charge in [-0.2, -0.15) is 0 Å². The zero-order valence-electron chi connectivity index (χ0n) is 8.84.